The van der Waals surface area contributed by atoms with Gasteiger partial charge in [-0.2, -0.15) is 0 Å². The second kappa shape index (κ2) is 4.95. The van der Waals surface area contributed by atoms with Gasteiger partial charge in [0.2, 0.25) is 0 Å². The molecular formula is C12H15BrN2O. The molecule has 1 atom stereocenters. The number of hydrogen-bond acceptors (Lipinski definition) is 2. The number of pyridine rings is 1. The number of alkyl halides is 1. The third-order valence-electron chi connectivity index (χ3n) is 2.82. The van der Waals surface area contributed by atoms with Gasteiger partial charge in [-0.1, -0.05) is 22.0 Å². The fourth-order valence-electron chi connectivity index (χ4n) is 1.62. The van der Waals surface area contributed by atoms with Gasteiger partial charge in [0.1, 0.15) is 5.69 Å². The smallest absolute Gasteiger partial charge is 0.270 e. The van der Waals surface area contributed by atoms with E-state index in [0.29, 0.717) is 17.1 Å². The van der Waals surface area contributed by atoms with Crippen molar-refractivity contribution in [1.29, 1.82) is 0 Å². The molecule has 1 fully saturated rings. The molecule has 1 heterocycles. The molecule has 86 valence electrons. The van der Waals surface area contributed by atoms with Gasteiger partial charge in [0.15, 0.2) is 0 Å². The van der Waals surface area contributed by atoms with Gasteiger partial charge in [0, 0.05) is 17.6 Å². The van der Waals surface area contributed by atoms with Crippen LogP contribution in [0.25, 0.3) is 0 Å². The van der Waals surface area contributed by atoms with Crippen LogP contribution in [0.4, 0.5) is 0 Å². The average molecular weight is 283 g/mol. The zero-order chi connectivity index (χ0) is 11.5. The van der Waals surface area contributed by atoms with Gasteiger partial charge in [0.05, 0.1) is 0 Å². The third kappa shape index (κ3) is 2.82. The van der Waals surface area contributed by atoms with Gasteiger partial charge in [-0.3, -0.25) is 9.78 Å². The van der Waals surface area contributed by atoms with Crippen LogP contribution in [0.3, 0.4) is 0 Å². The standard InChI is InChI=1S/C12H15BrN2O/c1-8-3-2-6-14-11(8)12(16)15-7-10(13)9-4-5-9/h2-3,6,9-10H,4-5,7H2,1H3,(H,15,16). The van der Waals surface area contributed by atoms with Crippen LogP contribution in [0.5, 0.6) is 0 Å². The molecule has 1 saturated carbocycles. The monoisotopic (exact) mass is 282 g/mol. The molecule has 0 bridgehead atoms. The third-order valence-corrected chi connectivity index (χ3v) is 3.89. The molecule has 0 aromatic carbocycles. The summed E-state index contributed by atoms with van der Waals surface area (Å²) in [6, 6.07) is 3.73. The highest BCUT2D eigenvalue weighted by molar-refractivity contribution is 9.09. The molecule has 3 nitrogen and oxygen atoms in total. The normalized spacial score (nSPS) is 16.9. The Morgan fingerprint density at radius 2 is 2.44 bits per heavy atom. The fraction of sp³-hybridized carbons (Fsp3) is 0.500. The summed E-state index contributed by atoms with van der Waals surface area (Å²) in [6.45, 7) is 2.58. The molecule has 1 aliphatic rings. The summed E-state index contributed by atoms with van der Waals surface area (Å²) in [4.78, 5) is 16.3. The summed E-state index contributed by atoms with van der Waals surface area (Å²) in [5.74, 6) is 0.660. The van der Waals surface area contributed by atoms with E-state index in [0.717, 1.165) is 11.5 Å². The van der Waals surface area contributed by atoms with E-state index in [1.807, 2.05) is 19.1 Å². The number of halogens is 1. The van der Waals surface area contributed by atoms with Crippen LogP contribution in [0.15, 0.2) is 18.3 Å². The molecule has 4 heteroatoms. The minimum Gasteiger partial charge on any atom is -0.350 e. The number of rotatable bonds is 4. The average Bonchev–Trinajstić information content (AvgIpc) is 3.10. The van der Waals surface area contributed by atoms with Crippen molar-refractivity contribution in [1.82, 2.24) is 10.3 Å². The Morgan fingerprint density at radius 3 is 3.06 bits per heavy atom. The summed E-state index contributed by atoms with van der Waals surface area (Å²) in [5.41, 5.74) is 1.44. The van der Waals surface area contributed by atoms with Crippen molar-refractivity contribution in [2.75, 3.05) is 6.54 Å². The molecule has 0 radical (unpaired) electrons. The molecule has 1 unspecified atom stereocenters. The highest BCUT2D eigenvalue weighted by Gasteiger charge is 2.29. The van der Waals surface area contributed by atoms with Crippen LogP contribution in [0.2, 0.25) is 0 Å². The maximum absolute atomic E-state index is 11.8. The predicted molar refractivity (Wildman–Crippen MR) is 66.7 cm³/mol. The Hall–Kier alpha value is -0.900. The topological polar surface area (TPSA) is 42.0 Å². The Bertz CT molecular complexity index is 390. The van der Waals surface area contributed by atoms with Crippen molar-refractivity contribution in [2.24, 2.45) is 5.92 Å². The van der Waals surface area contributed by atoms with Gasteiger partial charge in [-0.05, 0) is 37.3 Å². The molecule has 1 aromatic heterocycles. The number of nitrogens with zero attached hydrogens (tertiary/aromatic N) is 1. The zero-order valence-electron chi connectivity index (χ0n) is 9.24. The molecule has 0 spiro atoms. The van der Waals surface area contributed by atoms with E-state index < -0.39 is 0 Å². The van der Waals surface area contributed by atoms with Crippen molar-refractivity contribution < 1.29 is 4.79 Å². The lowest BCUT2D eigenvalue weighted by atomic mass is 10.2. The van der Waals surface area contributed by atoms with Crippen LogP contribution in [0.1, 0.15) is 28.9 Å². The Labute approximate surface area is 104 Å². The van der Waals surface area contributed by atoms with Crippen LogP contribution >= 0.6 is 15.9 Å². The fourth-order valence-corrected chi connectivity index (χ4v) is 2.31. The summed E-state index contributed by atoms with van der Waals surface area (Å²) in [5, 5.41) is 2.91. The van der Waals surface area contributed by atoms with E-state index in [-0.39, 0.29) is 5.91 Å². The van der Waals surface area contributed by atoms with E-state index in [2.05, 4.69) is 26.2 Å². The highest BCUT2D eigenvalue weighted by atomic mass is 79.9. The molecule has 1 aromatic rings. The number of hydrogen-bond donors (Lipinski definition) is 1. The van der Waals surface area contributed by atoms with E-state index >= 15 is 0 Å². The first-order valence-corrected chi connectivity index (χ1v) is 6.44. The van der Waals surface area contributed by atoms with E-state index in [1.54, 1.807) is 6.20 Å². The number of carbonyl (C=O) groups is 1. The van der Waals surface area contributed by atoms with Crippen molar-refractivity contribution in [3.8, 4) is 0 Å². The first kappa shape index (κ1) is 11.6. The van der Waals surface area contributed by atoms with Crippen molar-refractivity contribution in [2.45, 2.75) is 24.6 Å². The van der Waals surface area contributed by atoms with Crippen LogP contribution in [-0.2, 0) is 0 Å². The van der Waals surface area contributed by atoms with Crippen LogP contribution in [-0.4, -0.2) is 22.3 Å². The summed E-state index contributed by atoms with van der Waals surface area (Å²) in [6.07, 6.45) is 4.19. The number of aryl methyl sites for hydroxylation is 1. The molecule has 16 heavy (non-hydrogen) atoms. The number of nitrogens with one attached hydrogen (secondary N) is 1. The van der Waals surface area contributed by atoms with Gasteiger partial charge in [0.25, 0.3) is 5.91 Å². The highest BCUT2D eigenvalue weighted by Crippen LogP contribution is 2.36. The van der Waals surface area contributed by atoms with Crippen molar-refractivity contribution >= 4 is 21.8 Å². The Morgan fingerprint density at radius 1 is 1.69 bits per heavy atom. The van der Waals surface area contributed by atoms with Gasteiger partial charge < -0.3 is 5.32 Å². The SMILES string of the molecule is Cc1cccnc1C(=O)NCC(Br)C1CC1. The summed E-state index contributed by atoms with van der Waals surface area (Å²) in [7, 11) is 0. The Kier molecular flexibility index (Phi) is 3.59. The van der Waals surface area contributed by atoms with Crippen LogP contribution < -0.4 is 5.32 Å². The zero-order valence-corrected chi connectivity index (χ0v) is 10.8. The second-order valence-electron chi connectivity index (χ2n) is 4.23. The van der Waals surface area contributed by atoms with Gasteiger partial charge >= 0.3 is 0 Å². The molecule has 1 amide bonds. The Balaban J connectivity index is 1.90. The molecule has 0 aliphatic heterocycles. The van der Waals surface area contributed by atoms with Crippen molar-refractivity contribution in [3.63, 3.8) is 0 Å². The largest absolute Gasteiger partial charge is 0.350 e. The van der Waals surface area contributed by atoms with Crippen molar-refractivity contribution in [3.05, 3.63) is 29.6 Å². The minimum atomic E-state index is -0.0804. The molecular weight excluding hydrogens is 268 g/mol. The molecule has 1 N–H and O–H groups in total. The van der Waals surface area contributed by atoms with Gasteiger partial charge in [-0.15, -0.1) is 0 Å². The number of carbonyl (C=O) groups excluding carboxylic acids is 1. The van der Waals surface area contributed by atoms with Gasteiger partial charge in [-0.25, -0.2) is 0 Å². The second-order valence-corrected chi connectivity index (χ2v) is 5.41. The molecule has 0 saturated heterocycles. The lowest BCUT2D eigenvalue weighted by Gasteiger charge is -2.10. The predicted octanol–water partition coefficient (Wildman–Crippen LogP) is 2.29. The molecule has 2 rings (SSSR count). The van der Waals surface area contributed by atoms with E-state index in [1.165, 1.54) is 12.8 Å². The maximum Gasteiger partial charge on any atom is 0.270 e. The quantitative estimate of drug-likeness (QED) is 0.861. The number of aromatic nitrogens is 1. The summed E-state index contributed by atoms with van der Waals surface area (Å²) < 4.78 is 0. The first-order valence-electron chi connectivity index (χ1n) is 5.52. The minimum absolute atomic E-state index is 0.0804. The van der Waals surface area contributed by atoms with E-state index in [4.69, 9.17) is 0 Å². The molecule has 1 aliphatic carbocycles. The first-order chi connectivity index (χ1) is 7.68. The lowest BCUT2D eigenvalue weighted by Crippen LogP contribution is -2.31. The number of amides is 1. The van der Waals surface area contributed by atoms with E-state index in [9.17, 15) is 4.79 Å². The lowest BCUT2D eigenvalue weighted by molar-refractivity contribution is 0.0948. The summed E-state index contributed by atoms with van der Waals surface area (Å²) >= 11 is 3.59. The maximum atomic E-state index is 11.8. The van der Waals surface area contributed by atoms with Crippen LogP contribution in [0, 0.1) is 12.8 Å².